The molecule has 5 heterocycles. The van der Waals surface area contributed by atoms with E-state index in [1.54, 1.807) is 6.20 Å². The molecule has 0 bridgehead atoms. The average Bonchev–Trinajstić information content (AvgIpc) is 3.34. The van der Waals surface area contributed by atoms with Gasteiger partial charge in [0.2, 0.25) is 5.91 Å². The molecule has 2 saturated heterocycles. The Bertz CT molecular complexity index is 1090. The van der Waals surface area contributed by atoms with Crippen LogP contribution in [0.4, 0.5) is 11.5 Å². The van der Waals surface area contributed by atoms with Gasteiger partial charge in [0.25, 0.3) is 0 Å². The van der Waals surface area contributed by atoms with E-state index in [2.05, 4.69) is 43.2 Å². The molecular weight excluding hydrogens is 388 g/mol. The average molecular weight is 417 g/mol. The SMILES string of the molecule is CN1CCC(C(=O)Nc2cc3cc(-c4cncc(N5CCCC5)c4)ncc3cn2)CC1. The molecule has 0 atom stereocenters. The lowest BCUT2D eigenvalue weighted by atomic mass is 9.96. The summed E-state index contributed by atoms with van der Waals surface area (Å²) < 4.78 is 0. The van der Waals surface area contributed by atoms with E-state index in [1.807, 2.05) is 30.7 Å². The number of likely N-dealkylation sites (tertiary alicyclic amines) is 1. The number of aromatic nitrogens is 3. The topological polar surface area (TPSA) is 74.2 Å². The van der Waals surface area contributed by atoms with Gasteiger partial charge in [-0.2, -0.15) is 0 Å². The fourth-order valence-electron chi connectivity index (χ4n) is 4.48. The Morgan fingerprint density at radius 3 is 2.52 bits per heavy atom. The van der Waals surface area contributed by atoms with Crippen molar-refractivity contribution in [3.05, 3.63) is 43.0 Å². The maximum absolute atomic E-state index is 12.7. The molecule has 7 heteroatoms. The van der Waals surface area contributed by atoms with Crippen molar-refractivity contribution in [1.29, 1.82) is 0 Å². The van der Waals surface area contributed by atoms with E-state index in [4.69, 9.17) is 0 Å². The molecule has 0 aromatic carbocycles. The standard InChI is InChI=1S/C24H28N6O/c1-29-8-4-17(5-9-29)24(31)28-23-12-18-11-22(26-14-20(18)15-27-23)19-10-21(16-25-13-19)30-6-2-3-7-30/h10-17H,2-9H2,1H3,(H,27,28,31). The molecule has 1 N–H and O–H groups in total. The minimum atomic E-state index is 0.0566. The minimum Gasteiger partial charge on any atom is -0.370 e. The van der Waals surface area contributed by atoms with Crippen molar-refractivity contribution in [1.82, 2.24) is 19.9 Å². The van der Waals surface area contributed by atoms with E-state index in [1.165, 1.54) is 12.8 Å². The molecule has 1 amide bonds. The van der Waals surface area contributed by atoms with Crippen LogP contribution in [-0.2, 0) is 4.79 Å². The van der Waals surface area contributed by atoms with Crippen molar-refractivity contribution in [3.8, 4) is 11.3 Å². The van der Waals surface area contributed by atoms with Crippen molar-refractivity contribution in [3.63, 3.8) is 0 Å². The summed E-state index contributed by atoms with van der Waals surface area (Å²) in [6.45, 7) is 4.09. The van der Waals surface area contributed by atoms with Crippen molar-refractivity contribution in [2.24, 2.45) is 5.92 Å². The van der Waals surface area contributed by atoms with Gasteiger partial charge in [0.1, 0.15) is 5.82 Å². The Balaban J connectivity index is 1.37. The summed E-state index contributed by atoms with van der Waals surface area (Å²) in [5, 5.41) is 4.97. The number of amides is 1. The zero-order valence-corrected chi connectivity index (χ0v) is 17.9. The van der Waals surface area contributed by atoms with Gasteiger partial charge >= 0.3 is 0 Å². The van der Waals surface area contributed by atoms with Gasteiger partial charge in [-0.3, -0.25) is 14.8 Å². The number of pyridine rings is 3. The van der Waals surface area contributed by atoms with E-state index in [0.29, 0.717) is 5.82 Å². The fourth-order valence-corrected chi connectivity index (χ4v) is 4.48. The summed E-state index contributed by atoms with van der Waals surface area (Å²) in [5.74, 6) is 0.718. The highest BCUT2D eigenvalue weighted by atomic mass is 16.1. The number of hydrogen-bond donors (Lipinski definition) is 1. The molecule has 0 aliphatic carbocycles. The Kier molecular flexibility index (Phi) is 5.51. The second-order valence-electron chi connectivity index (χ2n) is 8.68. The molecule has 31 heavy (non-hydrogen) atoms. The predicted molar refractivity (Wildman–Crippen MR) is 123 cm³/mol. The Morgan fingerprint density at radius 1 is 0.935 bits per heavy atom. The number of hydrogen-bond acceptors (Lipinski definition) is 6. The number of nitrogens with zero attached hydrogens (tertiary/aromatic N) is 5. The predicted octanol–water partition coefficient (Wildman–Crippen LogP) is 3.57. The molecule has 5 rings (SSSR count). The first-order valence-electron chi connectivity index (χ1n) is 11.1. The van der Waals surface area contributed by atoms with Gasteiger partial charge in [0, 0.05) is 48.5 Å². The molecule has 0 radical (unpaired) electrons. The first-order chi connectivity index (χ1) is 15.2. The highest BCUT2D eigenvalue weighted by Gasteiger charge is 2.23. The number of nitrogens with one attached hydrogen (secondary N) is 1. The molecule has 0 unspecified atom stereocenters. The first-order valence-corrected chi connectivity index (χ1v) is 11.1. The number of carbonyl (C=O) groups excluding carboxylic acids is 1. The van der Waals surface area contributed by atoms with Crippen LogP contribution in [0.2, 0.25) is 0 Å². The van der Waals surface area contributed by atoms with Gasteiger partial charge in [-0.05, 0) is 69.4 Å². The lowest BCUT2D eigenvalue weighted by Gasteiger charge is -2.27. The van der Waals surface area contributed by atoms with Crippen molar-refractivity contribution < 1.29 is 4.79 Å². The molecule has 0 spiro atoms. The second kappa shape index (κ2) is 8.59. The third-order valence-corrected chi connectivity index (χ3v) is 6.43. The molecule has 2 fully saturated rings. The lowest BCUT2D eigenvalue weighted by Crippen LogP contribution is -2.36. The van der Waals surface area contributed by atoms with Gasteiger partial charge in [-0.25, -0.2) is 4.98 Å². The molecule has 0 saturated carbocycles. The zero-order valence-electron chi connectivity index (χ0n) is 17.9. The summed E-state index contributed by atoms with van der Waals surface area (Å²) in [5.41, 5.74) is 3.03. The van der Waals surface area contributed by atoms with Crippen molar-refractivity contribution in [2.45, 2.75) is 25.7 Å². The normalized spacial score (nSPS) is 17.9. The van der Waals surface area contributed by atoms with Crippen LogP contribution in [0.15, 0.2) is 43.0 Å². The summed E-state index contributed by atoms with van der Waals surface area (Å²) in [7, 11) is 2.10. The third kappa shape index (κ3) is 4.37. The van der Waals surface area contributed by atoms with Crippen LogP contribution in [-0.4, -0.2) is 59.0 Å². The summed E-state index contributed by atoms with van der Waals surface area (Å²) in [6, 6.07) is 6.15. The maximum atomic E-state index is 12.7. The molecule has 3 aromatic rings. The quantitative estimate of drug-likeness (QED) is 0.701. The smallest absolute Gasteiger partial charge is 0.228 e. The monoisotopic (exact) mass is 416 g/mol. The van der Waals surface area contributed by atoms with Gasteiger partial charge in [-0.15, -0.1) is 0 Å². The Hall–Kier alpha value is -3.06. The van der Waals surface area contributed by atoms with Crippen molar-refractivity contribution in [2.75, 3.05) is 43.4 Å². The first kappa shape index (κ1) is 19.9. The highest BCUT2D eigenvalue weighted by molar-refractivity contribution is 5.94. The lowest BCUT2D eigenvalue weighted by molar-refractivity contribution is -0.121. The number of anilines is 2. The van der Waals surface area contributed by atoms with Gasteiger partial charge in [0.05, 0.1) is 17.6 Å². The molecule has 7 nitrogen and oxygen atoms in total. The Morgan fingerprint density at radius 2 is 1.71 bits per heavy atom. The van der Waals surface area contributed by atoms with E-state index in [0.717, 1.165) is 66.7 Å². The number of rotatable bonds is 4. The van der Waals surface area contributed by atoms with E-state index >= 15 is 0 Å². The largest absolute Gasteiger partial charge is 0.370 e. The maximum Gasteiger partial charge on any atom is 0.228 e. The molecular formula is C24H28N6O. The van der Waals surface area contributed by atoms with Crippen LogP contribution in [0.5, 0.6) is 0 Å². The summed E-state index contributed by atoms with van der Waals surface area (Å²) in [6.07, 6.45) is 11.6. The van der Waals surface area contributed by atoms with E-state index in [-0.39, 0.29) is 11.8 Å². The van der Waals surface area contributed by atoms with Crippen LogP contribution in [0, 0.1) is 5.92 Å². The van der Waals surface area contributed by atoms with E-state index < -0.39 is 0 Å². The van der Waals surface area contributed by atoms with Gasteiger partial charge in [-0.1, -0.05) is 0 Å². The van der Waals surface area contributed by atoms with Crippen LogP contribution in [0.3, 0.4) is 0 Å². The highest BCUT2D eigenvalue weighted by Crippen LogP contribution is 2.27. The number of carbonyl (C=O) groups is 1. The summed E-state index contributed by atoms with van der Waals surface area (Å²) >= 11 is 0. The second-order valence-corrected chi connectivity index (χ2v) is 8.68. The zero-order chi connectivity index (χ0) is 21.2. The van der Waals surface area contributed by atoms with Crippen LogP contribution < -0.4 is 10.2 Å². The molecule has 160 valence electrons. The molecule has 3 aromatic heterocycles. The molecule has 2 aliphatic rings. The minimum absolute atomic E-state index is 0.0566. The van der Waals surface area contributed by atoms with Crippen LogP contribution in [0.25, 0.3) is 22.0 Å². The fraction of sp³-hybridized carbons (Fsp3) is 0.417. The Labute approximate surface area is 182 Å². The number of piperidine rings is 1. The van der Waals surface area contributed by atoms with Crippen LogP contribution >= 0.6 is 0 Å². The van der Waals surface area contributed by atoms with Gasteiger partial charge < -0.3 is 15.1 Å². The van der Waals surface area contributed by atoms with Gasteiger partial charge in [0.15, 0.2) is 0 Å². The van der Waals surface area contributed by atoms with Crippen LogP contribution in [0.1, 0.15) is 25.7 Å². The van der Waals surface area contributed by atoms with E-state index in [9.17, 15) is 4.79 Å². The third-order valence-electron chi connectivity index (χ3n) is 6.43. The molecule has 2 aliphatic heterocycles. The van der Waals surface area contributed by atoms with Crippen molar-refractivity contribution >= 4 is 28.2 Å². The summed E-state index contributed by atoms with van der Waals surface area (Å²) in [4.78, 5) is 30.8. The number of fused-ring (bicyclic) bond motifs is 1.